The van der Waals surface area contributed by atoms with E-state index in [9.17, 15) is 18.0 Å². The Morgan fingerprint density at radius 1 is 1.32 bits per heavy atom. The Bertz CT molecular complexity index is 717. The first kappa shape index (κ1) is 19.4. The minimum atomic E-state index is -3.48. The normalized spacial score (nSPS) is 18.1. The molecule has 9 heteroatoms. The molecule has 1 aliphatic heterocycles. The van der Waals surface area contributed by atoms with Gasteiger partial charge in [-0.15, -0.1) is 0 Å². The van der Waals surface area contributed by atoms with Gasteiger partial charge in [-0.25, -0.2) is 13.1 Å². The maximum Gasteiger partial charge on any atom is 0.305 e. The number of morpholine rings is 1. The van der Waals surface area contributed by atoms with E-state index in [2.05, 4.69) is 4.72 Å². The largest absolute Gasteiger partial charge is 0.481 e. The van der Waals surface area contributed by atoms with Crippen LogP contribution in [0.2, 0.25) is 0 Å². The van der Waals surface area contributed by atoms with E-state index in [0.717, 1.165) is 5.56 Å². The Kier molecular flexibility index (Phi) is 6.51. The van der Waals surface area contributed by atoms with E-state index >= 15 is 0 Å². The number of carboxylic acids is 1. The number of hydrogen-bond donors (Lipinski definition) is 2. The van der Waals surface area contributed by atoms with E-state index < -0.39 is 22.0 Å². The molecule has 1 aliphatic rings. The number of carbonyl (C=O) groups is 2. The molecule has 138 valence electrons. The van der Waals surface area contributed by atoms with Gasteiger partial charge in [0, 0.05) is 13.0 Å². The monoisotopic (exact) mass is 370 g/mol. The van der Waals surface area contributed by atoms with Gasteiger partial charge in [-0.3, -0.25) is 9.59 Å². The van der Waals surface area contributed by atoms with E-state index in [1.807, 2.05) is 0 Å². The maximum absolute atomic E-state index is 12.4. The van der Waals surface area contributed by atoms with Gasteiger partial charge in [-0.05, 0) is 31.2 Å². The number of aryl methyl sites for hydroxylation is 1. The second-order valence-electron chi connectivity index (χ2n) is 5.77. The molecule has 0 bridgehead atoms. The minimum Gasteiger partial charge on any atom is -0.481 e. The number of hydrogen-bond acceptors (Lipinski definition) is 5. The van der Waals surface area contributed by atoms with Gasteiger partial charge in [0.15, 0.2) is 0 Å². The highest BCUT2D eigenvalue weighted by atomic mass is 32.2. The van der Waals surface area contributed by atoms with Gasteiger partial charge in [-0.2, -0.15) is 0 Å². The number of nitrogens with one attached hydrogen (secondary N) is 1. The Hall–Kier alpha value is -1.97. The number of benzene rings is 1. The molecular weight excluding hydrogens is 348 g/mol. The number of aliphatic carboxylic acids is 1. The number of sulfonamides is 1. The molecule has 1 unspecified atom stereocenters. The van der Waals surface area contributed by atoms with Gasteiger partial charge in [0.1, 0.15) is 0 Å². The Morgan fingerprint density at radius 2 is 2.00 bits per heavy atom. The fourth-order valence-corrected chi connectivity index (χ4v) is 3.43. The van der Waals surface area contributed by atoms with Crippen LogP contribution in [0, 0.1) is 0 Å². The third-order valence-electron chi connectivity index (χ3n) is 4.09. The van der Waals surface area contributed by atoms with Gasteiger partial charge >= 0.3 is 5.97 Å². The fraction of sp³-hybridized carbons (Fsp3) is 0.500. The summed E-state index contributed by atoms with van der Waals surface area (Å²) in [6.07, 6.45) is 0.548. The highest BCUT2D eigenvalue weighted by Gasteiger charge is 2.28. The van der Waals surface area contributed by atoms with Gasteiger partial charge in [-0.1, -0.05) is 12.1 Å². The van der Waals surface area contributed by atoms with Crippen LogP contribution in [-0.4, -0.2) is 63.1 Å². The summed E-state index contributed by atoms with van der Waals surface area (Å²) in [5, 5.41) is 8.94. The summed E-state index contributed by atoms with van der Waals surface area (Å²) in [4.78, 5) is 25.0. The summed E-state index contributed by atoms with van der Waals surface area (Å²) in [6.45, 7) is 1.02. The number of rotatable bonds is 7. The third-order valence-corrected chi connectivity index (χ3v) is 5.52. The third kappa shape index (κ3) is 5.25. The summed E-state index contributed by atoms with van der Waals surface area (Å²) in [6, 6.07) is 5.89. The van der Waals surface area contributed by atoms with Crippen LogP contribution in [0.3, 0.4) is 0 Å². The Labute approximate surface area is 146 Å². The van der Waals surface area contributed by atoms with Crippen molar-refractivity contribution in [2.24, 2.45) is 0 Å². The predicted octanol–water partition coefficient (Wildman–Crippen LogP) is 0.229. The van der Waals surface area contributed by atoms with Crippen LogP contribution >= 0.6 is 0 Å². The Morgan fingerprint density at radius 3 is 2.60 bits per heavy atom. The number of amides is 1. The van der Waals surface area contributed by atoms with E-state index in [1.54, 1.807) is 17.0 Å². The molecule has 8 nitrogen and oxygen atoms in total. The van der Waals surface area contributed by atoms with Crippen LogP contribution < -0.4 is 4.72 Å². The topological polar surface area (TPSA) is 113 Å². The quantitative estimate of drug-likeness (QED) is 0.710. The van der Waals surface area contributed by atoms with Crippen LogP contribution in [0.1, 0.15) is 18.4 Å². The molecule has 1 aromatic rings. The lowest BCUT2D eigenvalue weighted by Gasteiger charge is -2.35. The van der Waals surface area contributed by atoms with Crippen molar-refractivity contribution in [2.45, 2.75) is 30.2 Å². The van der Waals surface area contributed by atoms with E-state index in [1.165, 1.54) is 19.2 Å². The van der Waals surface area contributed by atoms with Gasteiger partial charge < -0.3 is 14.7 Å². The highest BCUT2D eigenvalue weighted by molar-refractivity contribution is 7.89. The lowest BCUT2D eigenvalue weighted by Crippen LogP contribution is -2.49. The molecule has 0 aliphatic carbocycles. The summed E-state index contributed by atoms with van der Waals surface area (Å²) in [5.41, 5.74) is 0.839. The van der Waals surface area contributed by atoms with Crippen LogP contribution in [0.5, 0.6) is 0 Å². The highest BCUT2D eigenvalue weighted by Crippen LogP contribution is 2.15. The SMILES string of the molecule is CNS(=O)(=O)c1ccc(CCC(=O)N2CCOCC2CC(=O)O)cc1. The van der Waals surface area contributed by atoms with Crippen molar-refractivity contribution in [3.63, 3.8) is 0 Å². The van der Waals surface area contributed by atoms with Crippen molar-refractivity contribution in [2.75, 3.05) is 26.8 Å². The Balaban J connectivity index is 1.95. The molecular formula is C16H22N2O6S. The zero-order valence-electron chi connectivity index (χ0n) is 14.0. The second-order valence-corrected chi connectivity index (χ2v) is 7.65. The lowest BCUT2D eigenvalue weighted by molar-refractivity contribution is -0.146. The molecule has 1 saturated heterocycles. The van der Waals surface area contributed by atoms with Crippen molar-refractivity contribution in [1.82, 2.24) is 9.62 Å². The van der Waals surface area contributed by atoms with Crippen LogP contribution in [0.15, 0.2) is 29.2 Å². The van der Waals surface area contributed by atoms with Crippen molar-refractivity contribution in [1.29, 1.82) is 0 Å². The predicted molar refractivity (Wildman–Crippen MR) is 89.6 cm³/mol. The zero-order chi connectivity index (χ0) is 18.4. The standard InChI is InChI=1S/C16H22N2O6S/c1-17-25(22,23)14-5-2-12(3-6-14)4-7-15(19)18-8-9-24-11-13(18)10-16(20)21/h2-3,5-6,13,17H,4,7-11H2,1H3,(H,20,21). The number of nitrogens with zero attached hydrogens (tertiary/aromatic N) is 1. The lowest BCUT2D eigenvalue weighted by atomic mass is 10.1. The maximum atomic E-state index is 12.4. The van der Waals surface area contributed by atoms with Gasteiger partial charge in [0.2, 0.25) is 15.9 Å². The van der Waals surface area contributed by atoms with Crippen LogP contribution in [0.25, 0.3) is 0 Å². The fourth-order valence-electron chi connectivity index (χ4n) is 2.70. The van der Waals surface area contributed by atoms with Gasteiger partial charge in [0.05, 0.1) is 30.6 Å². The van der Waals surface area contributed by atoms with Gasteiger partial charge in [0.25, 0.3) is 0 Å². The molecule has 0 radical (unpaired) electrons. The molecule has 2 rings (SSSR count). The number of carbonyl (C=O) groups excluding carboxylic acids is 1. The molecule has 2 N–H and O–H groups in total. The average molecular weight is 370 g/mol. The summed E-state index contributed by atoms with van der Waals surface area (Å²) in [7, 11) is -2.13. The molecule has 1 fully saturated rings. The molecule has 1 amide bonds. The first-order valence-electron chi connectivity index (χ1n) is 7.95. The summed E-state index contributed by atoms with van der Waals surface area (Å²) < 4.78 is 30.9. The molecule has 0 spiro atoms. The summed E-state index contributed by atoms with van der Waals surface area (Å²) in [5.74, 6) is -1.09. The van der Waals surface area contributed by atoms with E-state index in [0.29, 0.717) is 19.6 Å². The molecule has 0 aromatic heterocycles. The average Bonchev–Trinajstić information content (AvgIpc) is 2.60. The van der Waals surface area contributed by atoms with Crippen molar-refractivity contribution >= 4 is 21.9 Å². The first-order valence-corrected chi connectivity index (χ1v) is 9.43. The van der Waals surface area contributed by atoms with Crippen molar-refractivity contribution in [3.8, 4) is 0 Å². The smallest absolute Gasteiger partial charge is 0.305 e. The van der Waals surface area contributed by atoms with E-state index in [4.69, 9.17) is 9.84 Å². The zero-order valence-corrected chi connectivity index (χ0v) is 14.8. The van der Waals surface area contributed by atoms with E-state index in [-0.39, 0.29) is 30.3 Å². The molecule has 1 aromatic carbocycles. The minimum absolute atomic E-state index is 0.124. The number of ether oxygens (including phenoxy) is 1. The summed E-state index contributed by atoms with van der Waals surface area (Å²) >= 11 is 0. The van der Waals surface area contributed by atoms with Crippen molar-refractivity contribution < 1.29 is 27.9 Å². The second kappa shape index (κ2) is 8.41. The molecule has 1 heterocycles. The van der Waals surface area contributed by atoms with Crippen LogP contribution in [0.4, 0.5) is 0 Å². The number of carboxylic acid groups (broad SMARTS) is 1. The molecule has 0 saturated carbocycles. The molecule has 25 heavy (non-hydrogen) atoms. The molecule has 1 atom stereocenters. The van der Waals surface area contributed by atoms with Crippen molar-refractivity contribution in [3.05, 3.63) is 29.8 Å². The first-order chi connectivity index (χ1) is 11.8. The van der Waals surface area contributed by atoms with Crippen LogP contribution in [-0.2, 0) is 30.8 Å².